The van der Waals surface area contributed by atoms with Crippen LogP contribution in [0.2, 0.25) is 0 Å². The second-order valence-electron chi connectivity index (χ2n) is 7.94. The number of ether oxygens (including phenoxy) is 2. The number of rotatable bonds is 8. The van der Waals surface area contributed by atoms with Crippen molar-refractivity contribution in [1.29, 1.82) is 0 Å². The molecule has 158 valence electrons. The molecule has 0 aliphatic heterocycles. The molecule has 0 amide bonds. The quantitative estimate of drug-likeness (QED) is 0.387. The molecule has 0 aliphatic rings. The van der Waals surface area contributed by atoms with Gasteiger partial charge in [0.2, 0.25) is 0 Å². The number of hydrogen-bond donors (Lipinski definition) is 0. The van der Waals surface area contributed by atoms with Crippen LogP contribution < -0.4 is 9.47 Å². The molecule has 0 heterocycles. The van der Waals surface area contributed by atoms with E-state index < -0.39 is 0 Å². The van der Waals surface area contributed by atoms with Gasteiger partial charge in [-0.1, -0.05) is 63.1 Å². The van der Waals surface area contributed by atoms with E-state index in [1.54, 1.807) is 14.2 Å². The Hall–Kier alpha value is -2.74. The summed E-state index contributed by atoms with van der Waals surface area (Å²) in [6.45, 7) is 8.93. The zero-order valence-corrected chi connectivity index (χ0v) is 19.3. The molecule has 0 saturated heterocycles. The Bertz CT molecular complexity index is 1000. The molecule has 2 heteroatoms. The second kappa shape index (κ2) is 9.84. The summed E-state index contributed by atoms with van der Waals surface area (Å²) < 4.78 is 11.3. The van der Waals surface area contributed by atoms with Crippen LogP contribution in [0.5, 0.6) is 11.5 Å². The second-order valence-corrected chi connectivity index (χ2v) is 7.94. The zero-order chi connectivity index (χ0) is 21.7. The number of aryl methyl sites for hydroxylation is 2. The lowest BCUT2D eigenvalue weighted by molar-refractivity contribution is 0.392. The summed E-state index contributed by atoms with van der Waals surface area (Å²) in [7, 11) is 3.44. The zero-order valence-electron chi connectivity index (χ0n) is 19.3. The van der Waals surface area contributed by atoms with Gasteiger partial charge in [-0.2, -0.15) is 0 Å². The molecule has 30 heavy (non-hydrogen) atoms. The first kappa shape index (κ1) is 22.0. The summed E-state index contributed by atoms with van der Waals surface area (Å²) in [4.78, 5) is 0. The highest BCUT2D eigenvalue weighted by atomic mass is 16.5. The van der Waals surface area contributed by atoms with Crippen LogP contribution >= 0.6 is 0 Å². The van der Waals surface area contributed by atoms with Crippen molar-refractivity contribution in [2.45, 2.75) is 53.4 Å². The lowest BCUT2D eigenvalue weighted by atomic mass is 9.82. The van der Waals surface area contributed by atoms with E-state index in [4.69, 9.17) is 9.47 Å². The smallest absolute Gasteiger partial charge is 0.126 e. The SMILES string of the molecule is CCCc1cc(CCC)c(-c2cc(OC)cc(OC)c2C)c(C)c1-c1ccccc1. The predicted octanol–water partition coefficient (Wildman–Crippen LogP) is 7.56. The molecule has 3 aromatic rings. The third-order valence-corrected chi connectivity index (χ3v) is 5.90. The van der Waals surface area contributed by atoms with E-state index in [0.717, 1.165) is 42.7 Å². The first-order valence-corrected chi connectivity index (χ1v) is 11.0. The monoisotopic (exact) mass is 402 g/mol. The first-order valence-electron chi connectivity index (χ1n) is 11.0. The summed E-state index contributed by atoms with van der Waals surface area (Å²) in [6, 6.07) is 17.4. The average Bonchev–Trinajstić information content (AvgIpc) is 2.76. The summed E-state index contributed by atoms with van der Waals surface area (Å²) in [6.07, 6.45) is 4.39. The van der Waals surface area contributed by atoms with Crippen LogP contribution in [0.25, 0.3) is 22.3 Å². The van der Waals surface area contributed by atoms with E-state index in [1.165, 1.54) is 38.9 Å². The van der Waals surface area contributed by atoms with Crippen molar-refractivity contribution in [3.63, 3.8) is 0 Å². The van der Waals surface area contributed by atoms with Gasteiger partial charge < -0.3 is 9.47 Å². The Morgan fingerprint density at radius 3 is 1.90 bits per heavy atom. The van der Waals surface area contributed by atoms with Crippen LogP contribution in [0, 0.1) is 13.8 Å². The van der Waals surface area contributed by atoms with E-state index in [2.05, 4.69) is 70.2 Å². The minimum absolute atomic E-state index is 0.827. The van der Waals surface area contributed by atoms with Gasteiger partial charge in [0.25, 0.3) is 0 Å². The molecule has 0 N–H and O–H groups in total. The van der Waals surface area contributed by atoms with Gasteiger partial charge in [-0.25, -0.2) is 0 Å². The van der Waals surface area contributed by atoms with Gasteiger partial charge in [0.05, 0.1) is 14.2 Å². The Balaban J connectivity index is 2.39. The van der Waals surface area contributed by atoms with Crippen molar-refractivity contribution in [1.82, 2.24) is 0 Å². The van der Waals surface area contributed by atoms with Crippen LogP contribution in [0.4, 0.5) is 0 Å². The molecule has 3 rings (SSSR count). The lowest BCUT2D eigenvalue weighted by Gasteiger charge is -2.23. The van der Waals surface area contributed by atoms with Gasteiger partial charge in [0.15, 0.2) is 0 Å². The van der Waals surface area contributed by atoms with Crippen molar-refractivity contribution in [3.8, 4) is 33.8 Å². The molecule has 0 saturated carbocycles. The molecule has 0 fully saturated rings. The van der Waals surface area contributed by atoms with E-state index in [0.29, 0.717) is 0 Å². The van der Waals surface area contributed by atoms with E-state index in [9.17, 15) is 0 Å². The molecule has 0 bridgehead atoms. The van der Waals surface area contributed by atoms with Gasteiger partial charge in [0, 0.05) is 6.07 Å². The van der Waals surface area contributed by atoms with Crippen molar-refractivity contribution in [2.75, 3.05) is 14.2 Å². The van der Waals surface area contributed by atoms with Gasteiger partial charge in [0.1, 0.15) is 11.5 Å². The molecule has 2 nitrogen and oxygen atoms in total. The molecule has 3 aromatic carbocycles. The lowest BCUT2D eigenvalue weighted by Crippen LogP contribution is -2.03. The summed E-state index contributed by atoms with van der Waals surface area (Å²) in [5.41, 5.74) is 10.5. The average molecular weight is 403 g/mol. The fraction of sp³-hybridized carbons (Fsp3) is 0.357. The third kappa shape index (κ3) is 4.23. The molecule has 0 spiro atoms. The van der Waals surface area contributed by atoms with Crippen LogP contribution in [-0.4, -0.2) is 14.2 Å². The molecule has 0 radical (unpaired) electrons. The summed E-state index contributed by atoms with van der Waals surface area (Å²) >= 11 is 0. The molecule has 0 aromatic heterocycles. The third-order valence-electron chi connectivity index (χ3n) is 5.90. The van der Waals surface area contributed by atoms with Crippen molar-refractivity contribution in [2.24, 2.45) is 0 Å². The highest BCUT2D eigenvalue weighted by Crippen LogP contribution is 2.43. The largest absolute Gasteiger partial charge is 0.497 e. The maximum absolute atomic E-state index is 5.69. The summed E-state index contributed by atoms with van der Waals surface area (Å²) in [5, 5.41) is 0. The molecular weight excluding hydrogens is 368 g/mol. The summed E-state index contributed by atoms with van der Waals surface area (Å²) in [5.74, 6) is 1.69. The van der Waals surface area contributed by atoms with Crippen LogP contribution in [0.15, 0.2) is 48.5 Å². The Morgan fingerprint density at radius 2 is 1.33 bits per heavy atom. The fourth-order valence-corrected chi connectivity index (χ4v) is 4.53. The fourth-order valence-electron chi connectivity index (χ4n) is 4.53. The minimum Gasteiger partial charge on any atom is -0.497 e. The van der Waals surface area contributed by atoms with E-state index >= 15 is 0 Å². The van der Waals surface area contributed by atoms with Crippen molar-refractivity contribution >= 4 is 0 Å². The standard InChI is InChI=1S/C28H34O2/c1-7-12-22-16-23(13-8-2)28(20(4)27(22)21-14-10-9-11-15-21)25-17-24(29-5)18-26(30-6)19(25)3/h9-11,14-18H,7-8,12-13H2,1-6H3. The van der Waals surface area contributed by atoms with E-state index in [-0.39, 0.29) is 0 Å². The number of hydrogen-bond acceptors (Lipinski definition) is 2. The molecular formula is C28H34O2. The van der Waals surface area contributed by atoms with Crippen molar-refractivity contribution in [3.05, 3.63) is 70.8 Å². The topological polar surface area (TPSA) is 18.5 Å². The van der Waals surface area contributed by atoms with Gasteiger partial charge in [-0.3, -0.25) is 0 Å². The molecule has 0 unspecified atom stereocenters. The predicted molar refractivity (Wildman–Crippen MR) is 128 cm³/mol. The van der Waals surface area contributed by atoms with Gasteiger partial charge >= 0.3 is 0 Å². The van der Waals surface area contributed by atoms with E-state index in [1.807, 2.05) is 6.07 Å². The minimum atomic E-state index is 0.827. The maximum atomic E-state index is 5.69. The van der Waals surface area contributed by atoms with Crippen LogP contribution in [0.3, 0.4) is 0 Å². The van der Waals surface area contributed by atoms with Crippen LogP contribution in [0.1, 0.15) is 48.9 Å². The maximum Gasteiger partial charge on any atom is 0.126 e. The van der Waals surface area contributed by atoms with Crippen LogP contribution in [-0.2, 0) is 12.8 Å². The van der Waals surface area contributed by atoms with Gasteiger partial charge in [-0.15, -0.1) is 0 Å². The normalized spacial score (nSPS) is 10.9. The first-order chi connectivity index (χ1) is 14.5. The van der Waals surface area contributed by atoms with Crippen molar-refractivity contribution < 1.29 is 9.47 Å². The highest BCUT2D eigenvalue weighted by Gasteiger charge is 2.20. The Labute approximate surface area is 181 Å². The van der Waals surface area contributed by atoms with Gasteiger partial charge in [-0.05, 0) is 77.3 Å². The molecule has 0 atom stereocenters. The number of benzene rings is 3. The Morgan fingerprint density at radius 1 is 0.700 bits per heavy atom. The highest BCUT2D eigenvalue weighted by molar-refractivity contribution is 5.85. The number of methoxy groups -OCH3 is 2. The molecule has 0 aliphatic carbocycles. The Kier molecular flexibility index (Phi) is 7.20.